The predicted octanol–water partition coefficient (Wildman–Crippen LogP) is 0.987. The molecule has 0 spiro atoms. The predicted molar refractivity (Wildman–Crippen MR) is 68.7 cm³/mol. The Bertz CT molecular complexity index is 507. The summed E-state index contributed by atoms with van der Waals surface area (Å²) >= 11 is 0. The van der Waals surface area contributed by atoms with Crippen LogP contribution in [-0.4, -0.2) is 39.8 Å². The number of likely N-dealkylation sites (N-methyl/N-ethyl adjacent to an activating group) is 1. The summed E-state index contributed by atoms with van der Waals surface area (Å²) < 4.78 is 5.02. The Morgan fingerprint density at radius 3 is 2.89 bits per heavy atom. The molecule has 1 aromatic carbocycles. The third kappa shape index (κ3) is 2.15. The number of benzene rings is 1. The fraction of sp³-hybridized carbons (Fsp3) is 0.385. The van der Waals surface area contributed by atoms with Crippen molar-refractivity contribution < 1.29 is 9.53 Å². The van der Waals surface area contributed by atoms with Crippen LogP contribution in [0.2, 0.25) is 0 Å². The molecule has 0 radical (unpaired) electrons. The number of nitrogens with zero attached hydrogens (tertiary/aromatic N) is 3. The summed E-state index contributed by atoms with van der Waals surface area (Å²) in [7, 11) is 3.46. The Labute approximate surface area is 106 Å². The third-order valence-corrected chi connectivity index (χ3v) is 3.00. The second kappa shape index (κ2) is 5.07. The number of ether oxygens (including phenoxy) is 1. The van der Waals surface area contributed by atoms with Gasteiger partial charge in [-0.1, -0.05) is 0 Å². The van der Waals surface area contributed by atoms with E-state index in [1.165, 1.54) is 0 Å². The summed E-state index contributed by atoms with van der Waals surface area (Å²) in [4.78, 5) is 15.6. The standard InChI is InChI=1S/C13H15N3O2/c1-15-9-13(17)16(5-6-18-2)11-4-3-10(8-14)7-12(11)15/h3-4,7H,5-6,9H2,1-2H3. The molecule has 1 amide bonds. The number of rotatable bonds is 3. The van der Waals surface area contributed by atoms with Crippen molar-refractivity contribution >= 4 is 17.3 Å². The molecule has 0 aromatic heterocycles. The van der Waals surface area contributed by atoms with E-state index in [0.29, 0.717) is 25.3 Å². The molecule has 0 fully saturated rings. The maximum Gasteiger partial charge on any atom is 0.246 e. The lowest BCUT2D eigenvalue weighted by Gasteiger charge is -2.35. The number of carbonyl (C=O) groups is 1. The van der Waals surface area contributed by atoms with Crippen LogP contribution in [0.25, 0.3) is 0 Å². The van der Waals surface area contributed by atoms with Crippen molar-refractivity contribution in [1.29, 1.82) is 5.26 Å². The molecule has 2 rings (SSSR count). The Hall–Kier alpha value is -2.06. The van der Waals surface area contributed by atoms with Crippen LogP contribution in [0.3, 0.4) is 0 Å². The van der Waals surface area contributed by atoms with Crippen molar-refractivity contribution in [3.05, 3.63) is 23.8 Å². The highest BCUT2D eigenvalue weighted by atomic mass is 16.5. The van der Waals surface area contributed by atoms with E-state index in [1.807, 2.05) is 24.1 Å². The molecule has 1 aliphatic heterocycles. The molecule has 5 nitrogen and oxygen atoms in total. The minimum Gasteiger partial charge on any atom is -0.383 e. The smallest absolute Gasteiger partial charge is 0.246 e. The van der Waals surface area contributed by atoms with Crippen molar-refractivity contribution in [2.45, 2.75) is 0 Å². The lowest BCUT2D eigenvalue weighted by molar-refractivity contribution is -0.117. The Morgan fingerprint density at radius 2 is 2.22 bits per heavy atom. The highest BCUT2D eigenvalue weighted by Gasteiger charge is 2.27. The zero-order valence-electron chi connectivity index (χ0n) is 10.5. The van der Waals surface area contributed by atoms with Crippen molar-refractivity contribution in [2.75, 3.05) is 43.7 Å². The molecule has 0 aliphatic carbocycles. The van der Waals surface area contributed by atoms with Crippen molar-refractivity contribution in [3.63, 3.8) is 0 Å². The minimum atomic E-state index is 0.0479. The van der Waals surface area contributed by atoms with E-state index in [0.717, 1.165) is 11.4 Å². The van der Waals surface area contributed by atoms with Gasteiger partial charge >= 0.3 is 0 Å². The van der Waals surface area contributed by atoms with Gasteiger partial charge in [0.1, 0.15) is 0 Å². The van der Waals surface area contributed by atoms with Gasteiger partial charge in [0.05, 0.1) is 36.2 Å². The molecule has 0 N–H and O–H groups in total. The van der Waals surface area contributed by atoms with Gasteiger partial charge in [0.2, 0.25) is 5.91 Å². The van der Waals surface area contributed by atoms with Crippen LogP contribution in [0.4, 0.5) is 11.4 Å². The largest absolute Gasteiger partial charge is 0.383 e. The van der Waals surface area contributed by atoms with E-state index in [-0.39, 0.29) is 5.91 Å². The van der Waals surface area contributed by atoms with Crippen LogP contribution >= 0.6 is 0 Å². The second-order valence-electron chi connectivity index (χ2n) is 4.21. The van der Waals surface area contributed by atoms with E-state index >= 15 is 0 Å². The van der Waals surface area contributed by atoms with E-state index in [4.69, 9.17) is 10.00 Å². The van der Waals surface area contributed by atoms with Gasteiger partial charge in [-0.05, 0) is 18.2 Å². The van der Waals surface area contributed by atoms with Crippen LogP contribution in [0, 0.1) is 11.3 Å². The molecular formula is C13H15N3O2. The Balaban J connectivity index is 2.39. The van der Waals surface area contributed by atoms with Gasteiger partial charge in [0, 0.05) is 20.7 Å². The Morgan fingerprint density at radius 1 is 1.44 bits per heavy atom. The number of fused-ring (bicyclic) bond motifs is 1. The quantitative estimate of drug-likeness (QED) is 0.796. The summed E-state index contributed by atoms with van der Waals surface area (Å²) in [5.74, 6) is 0.0479. The molecule has 5 heteroatoms. The zero-order chi connectivity index (χ0) is 13.1. The number of anilines is 2. The van der Waals surface area contributed by atoms with Crippen LogP contribution in [0.5, 0.6) is 0 Å². The molecule has 1 heterocycles. The van der Waals surface area contributed by atoms with Gasteiger partial charge in [0.25, 0.3) is 0 Å². The monoisotopic (exact) mass is 245 g/mol. The normalized spacial score (nSPS) is 14.4. The van der Waals surface area contributed by atoms with Crippen molar-refractivity contribution in [2.24, 2.45) is 0 Å². The van der Waals surface area contributed by atoms with E-state index in [1.54, 1.807) is 18.1 Å². The molecule has 1 aliphatic rings. The first kappa shape index (κ1) is 12.4. The molecule has 94 valence electrons. The molecule has 1 aromatic rings. The van der Waals surface area contributed by atoms with Crippen molar-refractivity contribution in [1.82, 2.24) is 0 Å². The first-order valence-electron chi connectivity index (χ1n) is 5.72. The lowest BCUT2D eigenvalue weighted by Crippen LogP contribution is -2.45. The van der Waals surface area contributed by atoms with Gasteiger partial charge in [0.15, 0.2) is 0 Å². The van der Waals surface area contributed by atoms with E-state index in [2.05, 4.69) is 6.07 Å². The number of carbonyl (C=O) groups excluding carboxylic acids is 1. The number of nitriles is 1. The lowest BCUT2D eigenvalue weighted by atomic mass is 10.1. The van der Waals surface area contributed by atoms with Crippen molar-refractivity contribution in [3.8, 4) is 6.07 Å². The second-order valence-corrected chi connectivity index (χ2v) is 4.21. The summed E-state index contributed by atoms with van der Waals surface area (Å²) in [6, 6.07) is 7.46. The number of hydrogen-bond acceptors (Lipinski definition) is 4. The maximum atomic E-state index is 12.0. The molecule has 0 atom stereocenters. The molecular weight excluding hydrogens is 230 g/mol. The highest BCUT2D eigenvalue weighted by Crippen LogP contribution is 2.33. The fourth-order valence-corrected chi connectivity index (χ4v) is 2.06. The third-order valence-electron chi connectivity index (χ3n) is 3.00. The molecule has 0 bridgehead atoms. The summed E-state index contributed by atoms with van der Waals surface area (Å²) in [6.07, 6.45) is 0. The van der Waals surface area contributed by atoms with E-state index < -0.39 is 0 Å². The summed E-state index contributed by atoms with van der Waals surface area (Å²) in [5, 5.41) is 8.92. The van der Waals surface area contributed by atoms with Gasteiger partial charge in [-0.15, -0.1) is 0 Å². The average molecular weight is 245 g/mol. The summed E-state index contributed by atoms with van der Waals surface area (Å²) in [5.41, 5.74) is 2.34. The fourth-order valence-electron chi connectivity index (χ4n) is 2.06. The van der Waals surface area contributed by atoms with Crippen LogP contribution in [-0.2, 0) is 9.53 Å². The number of hydrogen-bond donors (Lipinski definition) is 0. The number of amides is 1. The SMILES string of the molecule is COCCN1C(=O)CN(C)c2cc(C#N)ccc21. The van der Waals surface area contributed by atoms with E-state index in [9.17, 15) is 4.79 Å². The van der Waals surface area contributed by atoms with Crippen LogP contribution < -0.4 is 9.80 Å². The minimum absolute atomic E-state index is 0.0479. The van der Waals surface area contributed by atoms with Crippen LogP contribution in [0.1, 0.15) is 5.56 Å². The topological polar surface area (TPSA) is 56.6 Å². The first-order chi connectivity index (χ1) is 8.67. The van der Waals surface area contributed by atoms with Gasteiger partial charge in [-0.3, -0.25) is 4.79 Å². The number of methoxy groups -OCH3 is 1. The Kier molecular flexibility index (Phi) is 3.49. The van der Waals surface area contributed by atoms with Gasteiger partial charge in [-0.25, -0.2) is 0 Å². The highest BCUT2D eigenvalue weighted by molar-refractivity contribution is 6.03. The maximum absolute atomic E-state index is 12.0. The molecule has 18 heavy (non-hydrogen) atoms. The zero-order valence-corrected chi connectivity index (χ0v) is 10.5. The van der Waals surface area contributed by atoms with Gasteiger partial charge in [-0.2, -0.15) is 5.26 Å². The first-order valence-corrected chi connectivity index (χ1v) is 5.72. The summed E-state index contributed by atoms with van der Waals surface area (Å²) in [6.45, 7) is 1.35. The van der Waals surface area contributed by atoms with Gasteiger partial charge < -0.3 is 14.5 Å². The molecule has 0 saturated carbocycles. The average Bonchev–Trinajstić information content (AvgIpc) is 2.38. The van der Waals surface area contributed by atoms with Crippen LogP contribution in [0.15, 0.2) is 18.2 Å². The molecule has 0 saturated heterocycles. The molecule has 0 unspecified atom stereocenters.